The number of rotatable bonds is 8. The van der Waals surface area contributed by atoms with Gasteiger partial charge < -0.3 is 5.11 Å². The van der Waals surface area contributed by atoms with Gasteiger partial charge in [-0.1, -0.05) is 45.6 Å². The second-order valence-corrected chi connectivity index (χ2v) is 6.44. The van der Waals surface area contributed by atoms with Gasteiger partial charge in [0.2, 0.25) is 0 Å². The van der Waals surface area contributed by atoms with Crippen LogP contribution in [0.15, 0.2) is 12.1 Å². The smallest absolute Gasteiger partial charge is 0.119 e. The van der Waals surface area contributed by atoms with Crippen LogP contribution in [0, 0.1) is 0 Å². The van der Waals surface area contributed by atoms with Gasteiger partial charge in [-0.15, -0.1) is 0 Å². The molecule has 1 aromatic carbocycles. The molecular formula is C19H31NO. The van der Waals surface area contributed by atoms with Crippen molar-refractivity contribution in [1.82, 2.24) is 4.90 Å². The van der Waals surface area contributed by atoms with Gasteiger partial charge in [-0.05, 0) is 55.0 Å². The van der Waals surface area contributed by atoms with Crippen LogP contribution in [0.2, 0.25) is 0 Å². The second-order valence-electron chi connectivity index (χ2n) is 6.44. The van der Waals surface area contributed by atoms with Gasteiger partial charge in [-0.25, -0.2) is 0 Å². The summed E-state index contributed by atoms with van der Waals surface area (Å²) in [7, 11) is 0. The number of aryl methyl sites for hydroxylation is 1. The Kier molecular flexibility index (Phi) is 6.56. The number of benzene rings is 1. The summed E-state index contributed by atoms with van der Waals surface area (Å²) in [6.45, 7) is 7.92. The first-order valence-electron chi connectivity index (χ1n) is 8.80. The summed E-state index contributed by atoms with van der Waals surface area (Å²) in [4.78, 5) is 2.57. The van der Waals surface area contributed by atoms with Gasteiger partial charge in [0.15, 0.2) is 0 Å². The topological polar surface area (TPSA) is 23.5 Å². The standard InChI is InChI=1S/C19H31NO/c1-3-5-7-9-17-13-18-15-20(11-8-6-4-2)12-10-16(18)14-19(17)21/h13-14,21H,3-12,15H2,1-2H3. The van der Waals surface area contributed by atoms with Crippen LogP contribution in [0.4, 0.5) is 0 Å². The van der Waals surface area contributed by atoms with Gasteiger partial charge in [0.25, 0.3) is 0 Å². The Morgan fingerprint density at radius 2 is 1.76 bits per heavy atom. The van der Waals surface area contributed by atoms with E-state index in [1.54, 1.807) is 0 Å². The molecule has 0 saturated heterocycles. The van der Waals surface area contributed by atoms with Crippen molar-refractivity contribution in [3.63, 3.8) is 0 Å². The maximum absolute atomic E-state index is 10.2. The van der Waals surface area contributed by atoms with Crippen molar-refractivity contribution in [2.45, 2.75) is 71.8 Å². The largest absolute Gasteiger partial charge is 0.508 e. The fraction of sp³-hybridized carbons (Fsp3) is 0.684. The Morgan fingerprint density at radius 1 is 1.00 bits per heavy atom. The molecule has 0 fully saturated rings. The number of nitrogens with zero attached hydrogens (tertiary/aromatic N) is 1. The molecule has 118 valence electrons. The van der Waals surface area contributed by atoms with Crippen molar-refractivity contribution in [3.05, 3.63) is 28.8 Å². The third-order valence-corrected chi connectivity index (χ3v) is 4.62. The predicted molar refractivity (Wildman–Crippen MR) is 89.8 cm³/mol. The number of aromatic hydroxyl groups is 1. The lowest BCUT2D eigenvalue weighted by Gasteiger charge is -2.29. The van der Waals surface area contributed by atoms with E-state index in [9.17, 15) is 5.11 Å². The molecule has 1 N–H and O–H groups in total. The van der Waals surface area contributed by atoms with E-state index in [0.29, 0.717) is 5.75 Å². The van der Waals surface area contributed by atoms with Crippen molar-refractivity contribution in [3.8, 4) is 5.75 Å². The Labute approximate surface area is 130 Å². The highest BCUT2D eigenvalue weighted by Gasteiger charge is 2.17. The Hall–Kier alpha value is -1.02. The van der Waals surface area contributed by atoms with Crippen LogP contribution in [0.3, 0.4) is 0 Å². The number of hydrogen-bond acceptors (Lipinski definition) is 2. The minimum Gasteiger partial charge on any atom is -0.508 e. The molecule has 2 rings (SSSR count). The van der Waals surface area contributed by atoms with Crippen LogP contribution in [0.1, 0.15) is 69.1 Å². The predicted octanol–water partition coefficient (Wildman–Crippen LogP) is 4.67. The first-order valence-corrected chi connectivity index (χ1v) is 8.80. The molecule has 0 amide bonds. The lowest BCUT2D eigenvalue weighted by Crippen LogP contribution is -2.31. The van der Waals surface area contributed by atoms with E-state index in [1.165, 1.54) is 56.2 Å². The fourth-order valence-electron chi connectivity index (χ4n) is 3.25. The first-order chi connectivity index (χ1) is 10.2. The third-order valence-electron chi connectivity index (χ3n) is 4.62. The zero-order chi connectivity index (χ0) is 15.1. The minimum atomic E-state index is 0.518. The van der Waals surface area contributed by atoms with E-state index >= 15 is 0 Å². The third kappa shape index (κ3) is 4.74. The van der Waals surface area contributed by atoms with E-state index in [0.717, 1.165) is 31.5 Å². The van der Waals surface area contributed by atoms with Gasteiger partial charge in [-0.3, -0.25) is 4.90 Å². The summed E-state index contributed by atoms with van der Waals surface area (Å²) >= 11 is 0. The van der Waals surface area contributed by atoms with E-state index < -0.39 is 0 Å². The normalized spacial score (nSPS) is 15.1. The zero-order valence-corrected chi connectivity index (χ0v) is 13.8. The fourth-order valence-corrected chi connectivity index (χ4v) is 3.25. The summed E-state index contributed by atoms with van der Waals surface area (Å²) in [5, 5.41) is 10.2. The van der Waals surface area contributed by atoms with E-state index in [-0.39, 0.29) is 0 Å². The van der Waals surface area contributed by atoms with Gasteiger partial charge >= 0.3 is 0 Å². The molecule has 0 atom stereocenters. The summed E-state index contributed by atoms with van der Waals surface area (Å²) in [6, 6.07) is 4.30. The lowest BCUT2D eigenvalue weighted by atomic mass is 9.94. The van der Waals surface area contributed by atoms with Crippen LogP contribution < -0.4 is 0 Å². The van der Waals surface area contributed by atoms with Crippen molar-refractivity contribution in [2.75, 3.05) is 13.1 Å². The monoisotopic (exact) mass is 289 g/mol. The number of fused-ring (bicyclic) bond motifs is 1. The maximum atomic E-state index is 10.2. The molecular weight excluding hydrogens is 258 g/mol. The van der Waals surface area contributed by atoms with E-state index in [4.69, 9.17) is 0 Å². The minimum absolute atomic E-state index is 0.518. The van der Waals surface area contributed by atoms with Crippen molar-refractivity contribution < 1.29 is 5.11 Å². The van der Waals surface area contributed by atoms with Crippen LogP contribution in [-0.4, -0.2) is 23.1 Å². The Morgan fingerprint density at radius 3 is 2.52 bits per heavy atom. The van der Waals surface area contributed by atoms with Gasteiger partial charge in [0, 0.05) is 13.1 Å². The molecule has 1 heterocycles. The molecule has 0 aromatic heterocycles. The van der Waals surface area contributed by atoms with Gasteiger partial charge in [0.05, 0.1) is 0 Å². The molecule has 1 aromatic rings. The molecule has 0 aliphatic carbocycles. The van der Waals surface area contributed by atoms with Crippen LogP contribution in [0.5, 0.6) is 5.75 Å². The summed E-state index contributed by atoms with van der Waals surface area (Å²) < 4.78 is 0. The van der Waals surface area contributed by atoms with Crippen LogP contribution in [0.25, 0.3) is 0 Å². The van der Waals surface area contributed by atoms with E-state index in [1.807, 2.05) is 6.07 Å². The molecule has 2 nitrogen and oxygen atoms in total. The highest BCUT2D eigenvalue weighted by molar-refractivity contribution is 5.43. The molecule has 0 saturated carbocycles. The Balaban J connectivity index is 1.98. The van der Waals surface area contributed by atoms with Crippen LogP contribution >= 0.6 is 0 Å². The van der Waals surface area contributed by atoms with Crippen molar-refractivity contribution >= 4 is 0 Å². The number of phenolic OH excluding ortho intramolecular Hbond substituents is 1. The highest BCUT2D eigenvalue weighted by Crippen LogP contribution is 2.28. The van der Waals surface area contributed by atoms with Crippen LogP contribution in [-0.2, 0) is 19.4 Å². The molecule has 21 heavy (non-hydrogen) atoms. The molecule has 0 radical (unpaired) electrons. The molecule has 1 aliphatic heterocycles. The average Bonchev–Trinajstić information content (AvgIpc) is 2.48. The molecule has 0 spiro atoms. The molecule has 1 aliphatic rings. The summed E-state index contributed by atoms with van der Waals surface area (Å²) in [6.07, 6.45) is 9.71. The summed E-state index contributed by atoms with van der Waals surface area (Å²) in [5.74, 6) is 0.518. The second kappa shape index (κ2) is 8.43. The Bertz CT molecular complexity index is 441. The lowest BCUT2D eigenvalue weighted by molar-refractivity contribution is 0.248. The molecule has 0 bridgehead atoms. The quantitative estimate of drug-likeness (QED) is 0.703. The summed E-state index contributed by atoms with van der Waals surface area (Å²) in [5.41, 5.74) is 3.96. The van der Waals surface area contributed by atoms with Gasteiger partial charge in [-0.2, -0.15) is 0 Å². The molecule has 0 unspecified atom stereocenters. The zero-order valence-electron chi connectivity index (χ0n) is 13.8. The van der Waals surface area contributed by atoms with Gasteiger partial charge in [0.1, 0.15) is 5.75 Å². The maximum Gasteiger partial charge on any atom is 0.119 e. The first kappa shape index (κ1) is 16.4. The van der Waals surface area contributed by atoms with Crippen molar-refractivity contribution in [1.29, 1.82) is 0 Å². The number of unbranched alkanes of at least 4 members (excludes halogenated alkanes) is 4. The highest BCUT2D eigenvalue weighted by atomic mass is 16.3. The number of hydrogen-bond donors (Lipinski definition) is 1. The molecule has 2 heteroatoms. The van der Waals surface area contributed by atoms with Crippen molar-refractivity contribution in [2.24, 2.45) is 0 Å². The SMILES string of the molecule is CCCCCc1cc2c(cc1O)CCN(CCCCC)C2. The number of phenols is 1. The average molecular weight is 289 g/mol. The van der Waals surface area contributed by atoms with E-state index in [2.05, 4.69) is 24.8 Å².